The predicted molar refractivity (Wildman–Crippen MR) is 52.1 cm³/mol. The van der Waals surface area contributed by atoms with E-state index in [1.54, 1.807) is 0 Å². The highest BCUT2D eigenvalue weighted by molar-refractivity contribution is 5.71. The molecule has 0 atom stereocenters. The van der Waals surface area contributed by atoms with Crippen LogP contribution in [0.3, 0.4) is 0 Å². The minimum Gasteiger partial charge on any atom is -0.388 e. The van der Waals surface area contributed by atoms with Crippen LogP contribution in [0, 0.1) is 5.41 Å². The van der Waals surface area contributed by atoms with Crippen molar-refractivity contribution in [2.45, 2.75) is 0 Å². The van der Waals surface area contributed by atoms with Crippen molar-refractivity contribution in [3.8, 4) is 0 Å². The molecule has 1 aromatic rings. The maximum atomic E-state index is 6.06. The summed E-state index contributed by atoms with van der Waals surface area (Å²) >= 11 is 0. The van der Waals surface area contributed by atoms with E-state index < -0.39 is 0 Å². The van der Waals surface area contributed by atoms with Gasteiger partial charge in [0.05, 0.1) is 0 Å². The van der Waals surface area contributed by atoms with Crippen LogP contribution in [0.25, 0.3) is 0 Å². The number of hydrogen-bond acceptors (Lipinski definition) is 2. The van der Waals surface area contributed by atoms with Crippen molar-refractivity contribution in [3.05, 3.63) is 30.3 Å². The normalized spacial score (nSPS) is 7.75. The quantitative estimate of drug-likeness (QED) is 0.363. The predicted octanol–water partition coefficient (Wildman–Crippen LogP) is 0.567. The maximum Gasteiger partial charge on any atom is 0.183 e. The Hall–Kier alpha value is -1.71. The molecule has 4 nitrogen and oxygen atoms in total. The lowest BCUT2D eigenvalue weighted by atomic mass is 10.3. The van der Waals surface area contributed by atoms with Gasteiger partial charge in [-0.05, 0) is 12.1 Å². The van der Waals surface area contributed by atoms with Gasteiger partial charge in [0, 0.05) is 12.7 Å². The summed E-state index contributed by atoms with van der Waals surface area (Å²) in [6.45, 7) is 0. The summed E-state index contributed by atoms with van der Waals surface area (Å²) in [7, 11) is 1.91. The molecule has 0 saturated heterocycles. The fourth-order valence-electron chi connectivity index (χ4n) is 0.605. The van der Waals surface area contributed by atoms with E-state index in [0.717, 1.165) is 5.69 Å². The third-order valence-electron chi connectivity index (χ3n) is 1.06. The average Bonchev–Trinajstić information content (AvgIpc) is 2.05. The Labute approximate surface area is 72.1 Å². The molecular formula is C8H14N4. The largest absolute Gasteiger partial charge is 0.388 e. The highest BCUT2D eigenvalue weighted by Crippen LogP contribution is 2.01. The molecule has 4 heteroatoms. The number of para-hydroxylation sites is 1. The molecule has 0 radical (unpaired) electrons. The highest BCUT2D eigenvalue weighted by Gasteiger charge is 1.77. The lowest BCUT2D eigenvalue weighted by molar-refractivity contribution is 1.39. The van der Waals surface area contributed by atoms with Gasteiger partial charge in [-0.3, -0.25) is 5.41 Å². The molecule has 0 bridgehead atoms. The van der Waals surface area contributed by atoms with Crippen LogP contribution in [0.2, 0.25) is 0 Å². The van der Waals surface area contributed by atoms with Crippen molar-refractivity contribution in [2.75, 3.05) is 12.4 Å². The summed E-state index contributed by atoms with van der Waals surface area (Å²) in [6.07, 6.45) is 0. The molecule has 0 amide bonds. The van der Waals surface area contributed by atoms with Gasteiger partial charge < -0.3 is 16.8 Å². The fourth-order valence-corrected chi connectivity index (χ4v) is 0.605. The van der Waals surface area contributed by atoms with E-state index >= 15 is 0 Å². The molecule has 66 valence electrons. The smallest absolute Gasteiger partial charge is 0.183 e. The highest BCUT2D eigenvalue weighted by atomic mass is 14.9. The van der Waals surface area contributed by atoms with Crippen LogP contribution in [-0.4, -0.2) is 13.0 Å². The summed E-state index contributed by atoms with van der Waals surface area (Å²) in [4.78, 5) is 0. The van der Waals surface area contributed by atoms with Crippen molar-refractivity contribution in [2.24, 2.45) is 11.5 Å². The third-order valence-corrected chi connectivity index (χ3v) is 1.06. The van der Waals surface area contributed by atoms with Gasteiger partial charge in [0.15, 0.2) is 5.96 Å². The van der Waals surface area contributed by atoms with Gasteiger partial charge in [0.2, 0.25) is 0 Å². The summed E-state index contributed by atoms with van der Waals surface area (Å²) in [6, 6.07) is 10.1. The second-order valence-corrected chi connectivity index (χ2v) is 2.07. The van der Waals surface area contributed by atoms with Crippen LogP contribution < -0.4 is 16.8 Å². The van der Waals surface area contributed by atoms with E-state index in [1.807, 2.05) is 37.4 Å². The fraction of sp³-hybridized carbons (Fsp3) is 0.125. The second kappa shape index (κ2) is 6.03. The van der Waals surface area contributed by atoms with E-state index in [2.05, 4.69) is 16.8 Å². The Kier molecular flexibility index (Phi) is 5.17. The van der Waals surface area contributed by atoms with Crippen molar-refractivity contribution in [3.63, 3.8) is 0 Å². The zero-order chi connectivity index (χ0) is 9.40. The SMILES string of the molecule is CNc1ccccc1.N=C(N)N. The van der Waals surface area contributed by atoms with Crippen LogP contribution in [0.1, 0.15) is 0 Å². The van der Waals surface area contributed by atoms with Gasteiger partial charge in [-0.15, -0.1) is 0 Å². The number of nitrogens with one attached hydrogen (secondary N) is 2. The first-order valence-corrected chi connectivity index (χ1v) is 3.49. The monoisotopic (exact) mass is 166 g/mol. The summed E-state index contributed by atoms with van der Waals surface area (Å²) < 4.78 is 0. The Morgan fingerprint density at radius 1 is 1.25 bits per heavy atom. The van der Waals surface area contributed by atoms with Crippen LogP contribution in [0.15, 0.2) is 30.3 Å². The van der Waals surface area contributed by atoms with Gasteiger partial charge in [-0.1, -0.05) is 18.2 Å². The van der Waals surface area contributed by atoms with E-state index in [1.165, 1.54) is 0 Å². The second-order valence-electron chi connectivity index (χ2n) is 2.07. The van der Waals surface area contributed by atoms with Crippen molar-refractivity contribution in [1.82, 2.24) is 0 Å². The first kappa shape index (κ1) is 10.3. The molecule has 0 fully saturated rings. The number of rotatable bonds is 1. The molecule has 0 aliphatic carbocycles. The van der Waals surface area contributed by atoms with Crippen molar-refractivity contribution in [1.29, 1.82) is 5.41 Å². The van der Waals surface area contributed by atoms with Gasteiger partial charge in [-0.2, -0.15) is 0 Å². The Morgan fingerprint density at radius 3 is 1.92 bits per heavy atom. The summed E-state index contributed by atoms with van der Waals surface area (Å²) in [5.74, 6) is -0.333. The lowest BCUT2D eigenvalue weighted by Crippen LogP contribution is -2.20. The summed E-state index contributed by atoms with van der Waals surface area (Å²) in [5, 5.41) is 9.08. The van der Waals surface area contributed by atoms with E-state index in [-0.39, 0.29) is 5.96 Å². The number of nitrogens with two attached hydrogens (primary N) is 2. The van der Waals surface area contributed by atoms with Crippen molar-refractivity contribution >= 4 is 11.6 Å². The molecule has 0 spiro atoms. The molecule has 1 aromatic carbocycles. The molecule has 0 saturated carbocycles. The molecule has 0 aliphatic heterocycles. The summed E-state index contributed by atoms with van der Waals surface area (Å²) in [5.41, 5.74) is 10.1. The first-order valence-electron chi connectivity index (χ1n) is 3.49. The van der Waals surface area contributed by atoms with Crippen LogP contribution in [0.5, 0.6) is 0 Å². The topological polar surface area (TPSA) is 87.9 Å². The number of guanidine groups is 1. The van der Waals surface area contributed by atoms with Gasteiger partial charge in [0.1, 0.15) is 0 Å². The van der Waals surface area contributed by atoms with Crippen LogP contribution >= 0.6 is 0 Å². The standard InChI is InChI=1S/C7H9N.CH5N3/c1-8-7-5-3-2-4-6-7;2-1(3)4/h2-6,8H,1H3;(H5,2,3,4). The molecule has 6 N–H and O–H groups in total. The zero-order valence-corrected chi connectivity index (χ0v) is 7.04. The number of benzene rings is 1. The van der Waals surface area contributed by atoms with E-state index in [9.17, 15) is 0 Å². The average molecular weight is 166 g/mol. The van der Waals surface area contributed by atoms with Crippen LogP contribution in [0.4, 0.5) is 5.69 Å². The Bertz CT molecular complexity index is 216. The molecule has 0 unspecified atom stereocenters. The van der Waals surface area contributed by atoms with Crippen LogP contribution in [-0.2, 0) is 0 Å². The van der Waals surface area contributed by atoms with E-state index in [4.69, 9.17) is 5.41 Å². The molecule has 0 aromatic heterocycles. The van der Waals surface area contributed by atoms with Gasteiger partial charge >= 0.3 is 0 Å². The van der Waals surface area contributed by atoms with E-state index in [0.29, 0.717) is 0 Å². The first-order chi connectivity index (χ1) is 5.66. The van der Waals surface area contributed by atoms with Crippen molar-refractivity contribution < 1.29 is 0 Å². The third kappa shape index (κ3) is 6.41. The van der Waals surface area contributed by atoms with Gasteiger partial charge in [-0.25, -0.2) is 0 Å². The van der Waals surface area contributed by atoms with Gasteiger partial charge in [0.25, 0.3) is 0 Å². The number of anilines is 1. The molecular weight excluding hydrogens is 152 g/mol. The maximum absolute atomic E-state index is 6.06. The number of hydrogen-bond donors (Lipinski definition) is 4. The minimum absolute atomic E-state index is 0.333. The minimum atomic E-state index is -0.333. The molecule has 12 heavy (non-hydrogen) atoms. The lowest BCUT2D eigenvalue weighted by Gasteiger charge is -1.94. The molecule has 0 heterocycles. The zero-order valence-electron chi connectivity index (χ0n) is 7.04. The Balaban J connectivity index is 0.000000261. The molecule has 1 rings (SSSR count). The molecule has 0 aliphatic rings. The Morgan fingerprint density at radius 2 is 1.67 bits per heavy atom.